The van der Waals surface area contributed by atoms with Crippen LogP contribution in [0.5, 0.6) is 0 Å². The van der Waals surface area contributed by atoms with E-state index in [-0.39, 0.29) is 12.2 Å². The van der Waals surface area contributed by atoms with Crippen molar-refractivity contribution in [3.05, 3.63) is 35.9 Å². The lowest BCUT2D eigenvalue weighted by atomic mass is 10.1. The normalized spacial score (nSPS) is 19.4. The molecule has 0 amide bonds. The van der Waals surface area contributed by atoms with Crippen molar-refractivity contribution < 1.29 is 24.2 Å². The molecule has 2 rings (SSSR count). The van der Waals surface area contributed by atoms with Gasteiger partial charge in [-0.1, -0.05) is 44.2 Å². The largest absolute Gasteiger partial charge is 0.400 e. The van der Waals surface area contributed by atoms with Crippen LogP contribution < -0.4 is 0 Å². The second-order valence-electron chi connectivity index (χ2n) is 3.95. The van der Waals surface area contributed by atoms with Crippen LogP contribution in [0.1, 0.15) is 25.8 Å². The Labute approximate surface area is 138 Å². The Hall–Kier alpha value is -0.630. The molecule has 22 heavy (non-hydrogen) atoms. The monoisotopic (exact) mass is 334 g/mol. The Kier molecular flexibility index (Phi) is 19.8. The first kappa shape index (κ1) is 23.6. The van der Waals surface area contributed by atoms with E-state index in [0.717, 1.165) is 24.7 Å². The fourth-order valence-electron chi connectivity index (χ4n) is 1.64. The summed E-state index contributed by atoms with van der Waals surface area (Å²) in [4.78, 5) is 0. The maximum Gasteiger partial charge on any atom is 0.107 e. The third kappa shape index (κ3) is 12.0. The lowest BCUT2D eigenvalue weighted by molar-refractivity contribution is -0.122. The highest BCUT2D eigenvalue weighted by molar-refractivity contribution is 7.93. The number of ether oxygens (including phenoxy) is 2. The molecule has 0 saturated carbocycles. The summed E-state index contributed by atoms with van der Waals surface area (Å²) in [5.74, 6) is 0. The van der Waals surface area contributed by atoms with Gasteiger partial charge < -0.3 is 24.2 Å². The van der Waals surface area contributed by atoms with Crippen LogP contribution in [0.25, 0.3) is 0 Å². The molecule has 1 fully saturated rings. The number of benzene rings is 1. The van der Waals surface area contributed by atoms with E-state index in [4.69, 9.17) is 19.1 Å². The Morgan fingerprint density at radius 3 is 2.27 bits per heavy atom. The average molecular weight is 334 g/mol. The van der Waals surface area contributed by atoms with Gasteiger partial charge in [-0.3, -0.25) is 0 Å². The summed E-state index contributed by atoms with van der Waals surface area (Å²) in [6.45, 7) is 5.66. The molecule has 0 aliphatic carbocycles. The third-order valence-electron chi connectivity index (χ3n) is 2.58. The van der Waals surface area contributed by atoms with E-state index in [2.05, 4.69) is 0 Å². The average Bonchev–Trinajstić information content (AvgIpc) is 2.59. The zero-order chi connectivity index (χ0) is 17.2. The Balaban J connectivity index is 0. The predicted octanol–water partition coefficient (Wildman–Crippen LogP) is 2.81. The van der Waals surface area contributed by atoms with Crippen molar-refractivity contribution in [3.63, 3.8) is 0 Å². The Bertz CT molecular complexity index is 311. The van der Waals surface area contributed by atoms with Gasteiger partial charge in [-0.05, 0) is 24.0 Å². The third-order valence-corrected chi connectivity index (χ3v) is 2.58. The molecule has 1 aromatic rings. The summed E-state index contributed by atoms with van der Waals surface area (Å²) in [5, 5.41) is 16.6. The van der Waals surface area contributed by atoms with Gasteiger partial charge >= 0.3 is 0 Å². The van der Waals surface area contributed by atoms with E-state index in [9.17, 15) is 5.11 Å². The van der Waals surface area contributed by atoms with Gasteiger partial charge in [0.15, 0.2) is 0 Å². The molecule has 0 spiro atoms. The summed E-state index contributed by atoms with van der Waals surface area (Å²) in [7, 11) is 1.00. The fraction of sp³-hybridized carbons (Fsp3) is 0.625. The number of hydrogen-bond donors (Lipinski definition) is 3. The minimum atomic E-state index is -0.387. The summed E-state index contributed by atoms with van der Waals surface area (Å²) in [5.41, 5.74) is 1.12. The van der Waals surface area contributed by atoms with Crippen molar-refractivity contribution in [2.24, 2.45) is 0 Å². The zero-order valence-electron chi connectivity index (χ0n) is 13.9. The second-order valence-corrected chi connectivity index (χ2v) is 4.31. The van der Waals surface area contributed by atoms with E-state index >= 15 is 0 Å². The highest BCUT2D eigenvalue weighted by atomic mass is 32.2. The molecule has 130 valence electrons. The van der Waals surface area contributed by atoms with Crippen LogP contribution in [0.3, 0.4) is 0 Å². The Morgan fingerprint density at radius 1 is 1.23 bits per heavy atom. The van der Waals surface area contributed by atoms with Gasteiger partial charge in [-0.2, -0.15) is 0 Å². The standard InChI is InChI=1S/C12H16O3.C2H6.CH4OS.CH4O/c13-11-6-7-14-9-12(11)15-8-10-4-2-1-3-5-10;1-2;1-3-2;1-2/h1-5,11-13H,6-9H2;1-2H3;2H,1H3;2H,1H3/t11?,12-;;;/m1.../s1. The molecule has 5 nitrogen and oxygen atoms in total. The first-order chi connectivity index (χ1) is 10.8. The lowest BCUT2D eigenvalue weighted by Crippen LogP contribution is -2.38. The summed E-state index contributed by atoms with van der Waals surface area (Å²) in [6, 6.07) is 9.95. The minimum absolute atomic E-state index is 0.182. The molecule has 1 aromatic carbocycles. The van der Waals surface area contributed by atoms with Crippen LogP contribution in [-0.4, -0.2) is 53.6 Å². The maximum absolute atomic E-state index is 9.64. The van der Waals surface area contributed by atoms with E-state index < -0.39 is 0 Å². The Morgan fingerprint density at radius 2 is 1.77 bits per heavy atom. The SMILES string of the molecule is CC.CO.CSO.OC1CCOC[C@H]1OCc1ccccc1. The summed E-state index contributed by atoms with van der Waals surface area (Å²) < 4.78 is 18.3. The quantitative estimate of drug-likeness (QED) is 0.738. The molecule has 1 unspecified atom stereocenters. The molecular weight excluding hydrogens is 304 g/mol. The minimum Gasteiger partial charge on any atom is -0.400 e. The summed E-state index contributed by atoms with van der Waals surface area (Å²) >= 11 is 0.750. The molecule has 1 saturated heterocycles. The molecule has 2 atom stereocenters. The molecule has 1 aliphatic heterocycles. The smallest absolute Gasteiger partial charge is 0.107 e. The molecule has 1 heterocycles. The predicted molar refractivity (Wildman–Crippen MR) is 92.1 cm³/mol. The highest BCUT2D eigenvalue weighted by Crippen LogP contribution is 2.13. The number of aliphatic hydroxyl groups is 2. The van der Waals surface area contributed by atoms with Crippen LogP contribution in [0.2, 0.25) is 0 Å². The van der Waals surface area contributed by atoms with Gasteiger partial charge in [-0.25, -0.2) is 0 Å². The van der Waals surface area contributed by atoms with Crippen LogP contribution in [0.4, 0.5) is 0 Å². The maximum atomic E-state index is 9.64. The van der Waals surface area contributed by atoms with Gasteiger partial charge in [0.2, 0.25) is 0 Å². The molecule has 6 heteroatoms. The van der Waals surface area contributed by atoms with Crippen molar-refractivity contribution in [1.82, 2.24) is 0 Å². The summed E-state index contributed by atoms with van der Waals surface area (Å²) in [6.07, 6.45) is 1.70. The van der Waals surface area contributed by atoms with Crippen LogP contribution in [0.15, 0.2) is 30.3 Å². The van der Waals surface area contributed by atoms with E-state index in [0.29, 0.717) is 26.2 Å². The topological polar surface area (TPSA) is 79.2 Å². The van der Waals surface area contributed by atoms with Gasteiger partial charge in [0, 0.05) is 20.0 Å². The molecule has 0 radical (unpaired) electrons. The molecule has 0 aromatic heterocycles. The van der Waals surface area contributed by atoms with Gasteiger partial charge in [0.1, 0.15) is 6.10 Å². The molecule has 3 N–H and O–H groups in total. The van der Waals surface area contributed by atoms with Crippen molar-refractivity contribution in [2.45, 2.75) is 39.1 Å². The first-order valence-corrected chi connectivity index (χ1v) is 8.49. The van der Waals surface area contributed by atoms with Crippen LogP contribution in [-0.2, 0) is 16.1 Å². The van der Waals surface area contributed by atoms with Crippen LogP contribution >= 0.6 is 12.0 Å². The first-order valence-electron chi connectivity index (χ1n) is 7.31. The molecule has 0 bridgehead atoms. The second kappa shape index (κ2) is 18.4. The number of rotatable bonds is 3. The highest BCUT2D eigenvalue weighted by Gasteiger charge is 2.24. The number of aliphatic hydroxyl groups excluding tert-OH is 2. The van der Waals surface area contributed by atoms with Gasteiger partial charge in [-0.15, -0.1) is 0 Å². The zero-order valence-corrected chi connectivity index (χ0v) is 14.8. The molecular formula is C16H30O5S. The molecule has 1 aliphatic rings. The van der Waals surface area contributed by atoms with Crippen molar-refractivity contribution in [1.29, 1.82) is 0 Å². The van der Waals surface area contributed by atoms with E-state index in [1.165, 1.54) is 0 Å². The van der Waals surface area contributed by atoms with Crippen molar-refractivity contribution in [3.8, 4) is 0 Å². The van der Waals surface area contributed by atoms with Gasteiger partial charge in [0.25, 0.3) is 0 Å². The van der Waals surface area contributed by atoms with Crippen molar-refractivity contribution in [2.75, 3.05) is 26.6 Å². The van der Waals surface area contributed by atoms with E-state index in [1.54, 1.807) is 6.26 Å². The number of hydrogen-bond acceptors (Lipinski definition) is 6. The van der Waals surface area contributed by atoms with Crippen molar-refractivity contribution >= 4 is 12.0 Å². The lowest BCUT2D eigenvalue weighted by Gasteiger charge is -2.27. The van der Waals surface area contributed by atoms with Crippen LogP contribution in [0, 0.1) is 0 Å². The van der Waals surface area contributed by atoms with E-state index in [1.807, 2.05) is 44.2 Å². The van der Waals surface area contributed by atoms with Gasteiger partial charge in [0.05, 0.1) is 19.3 Å². The fourth-order valence-corrected chi connectivity index (χ4v) is 1.64.